The van der Waals surface area contributed by atoms with Gasteiger partial charge in [0.25, 0.3) is 0 Å². The van der Waals surface area contributed by atoms with Crippen molar-refractivity contribution < 1.29 is 19.0 Å². The molecule has 1 aromatic heterocycles. The molecule has 1 atom stereocenters. The topological polar surface area (TPSA) is 74.6 Å². The monoisotopic (exact) mass is 407 g/mol. The van der Waals surface area contributed by atoms with Crippen LogP contribution in [-0.4, -0.2) is 35.8 Å². The maximum Gasteiger partial charge on any atom is 0.338 e. The summed E-state index contributed by atoms with van der Waals surface area (Å²) in [6, 6.07) is 13.1. The number of ether oxygens (including phenoxy) is 3. The predicted octanol–water partition coefficient (Wildman–Crippen LogP) is 4.29. The second kappa shape index (κ2) is 7.74. The molecule has 1 N–H and O–H groups in total. The quantitative estimate of drug-likeness (QED) is 0.636. The van der Waals surface area contributed by atoms with Gasteiger partial charge in [0, 0.05) is 5.70 Å². The highest BCUT2D eigenvalue weighted by Gasteiger charge is 2.35. The number of carbonyl (C=O) groups excluding carboxylic acids is 1. The molecule has 7 heteroatoms. The number of rotatable bonds is 5. The number of methoxy groups -OCH3 is 2. The van der Waals surface area contributed by atoms with Gasteiger partial charge in [0.2, 0.25) is 5.95 Å². The van der Waals surface area contributed by atoms with E-state index in [4.69, 9.17) is 19.2 Å². The van der Waals surface area contributed by atoms with Crippen LogP contribution in [-0.2, 0) is 9.53 Å². The summed E-state index contributed by atoms with van der Waals surface area (Å²) in [4.78, 5) is 17.9. The maximum absolute atomic E-state index is 13.1. The van der Waals surface area contributed by atoms with Gasteiger partial charge in [0.05, 0.1) is 43.0 Å². The van der Waals surface area contributed by atoms with Crippen molar-refractivity contribution in [3.05, 3.63) is 59.3 Å². The Morgan fingerprint density at radius 2 is 1.83 bits per heavy atom. The molecule has 0 unspecified atom stereocenters. The van der Waals surface area contributed by atoms with Gasteiger partial charge in [0.15, 0.2) is 11.5 Å². The molecule has 30 heavy (non-hydrogen) atoms. The number of allylic oxidation sites excluding steroid dienone is 1. The number of aromatic nitrogens is 2. The molecule has 0 radical (unpaired) electrons. The molecule has 156 valence electrons. The van der Waals surface area contributed by atoms with Crippen molar-refractivity contribution in [3.8, 4) is 11.5 Å². The fraction of sp³-hybridized carbons (Fsp3) is 0.304. The summed E-state index contributed by atoms with van der Waals surface area (Å²) in [7, 11) is 3.19. The smallest absolute Gasteiger partial charge is 0.338 e. The van der Waals surface area contributed by atoms with E-state index in [-0.39, 0.29) is 12.1 Å². The lowest BCUT2D eigenvalue weighted by atomic mass is 9.94. The zero-order chi connectivity index (χ0) is 21.4. The van der Waals surface area contributed by atoms with Crippen LogP contribution in [0.1, 0.15) is 32.4 Å². The van der Waals surface area contributed by atoms with E-state index in [9.17, 15) is 4.79 Å². The van der Waals surface area contributed by atoms with Crippen LogP contribution in [0.4, 0.5) is 5.95 Å². The molecular weight excluding hydrogens is 382 g/mol. The largest absolute Gasteiger partial charge is 0.493 e. The molecule has 0 fully saturated rings. The van der Waals surface area contributed by atoms with Crippen molar-refractivity contribution in [2.45, 2.75) is 32.9 Å². The van der Waals surface area contributed by atoms with Gasteiger partial charge in [-0.2, -0.15) is 0 Å². The maximum atomic E-state index is 13.1. The summed E-state index contributed by atoms with van der Waals surface area (Å²) in [5, 5.41) is 3.28. The summed E-state index contributed by atoms with van der Waals surface area (Å²) in [5.74, 6) is 1.53. The minimum absolute atomic E-state index is 0.232. The molecule has 0 saturated carbocycles. The van der Waals surface area contributed by atoms with E-state index >= 15 is 0 Å². The molecule has 0 amide bonds. The van der Waals surface area contributed by atoms with Crippen LogP contribution in [0.15, 0.2) is 53.7 Å². The number of nitrogens with zero attached hydrogens (tertiary/aromatic N) is 2. The SMILES string of the molecule is COc1ccc([C@@H]2C(C(=O)OC(C)C)=C(C)Nc3nc4ccccc4n32)cc1OC. The van der Waals surface area contributed by atoms with E-state index in [2.05, 4.69) is 5.32 Å². The summed E-state index contributed by atoms with van der Waals surface area (Å²) in [6.07, 6.45) is -0.232. The molecule has 4 rings (SSSR count). The lowest BCUT2D eigenvalue weighted by Crippen LogP contribution is -2.30. The number of anilines is 1. The van der Waals surface area contributed by atoms with Crippen LogP contribution < -0.4 is 14.8 Å². The summed E-state index contributed by atoms with van der Waals surface area (Å²) >= 11 is 0. The highest BCUT2D eigenvalue weighted by atomic mass is 16.5. The Labute approximate surface area is 175 Å². The molecule has 0 saturated heterocycles. The lowest BCUT2D eigenvalue weighted by Gasteiger charge is -2.31. The van der Waals surface area contributed by atoms with E-state index in [1.165, 1.54) is 0 Å². The third-order valence-electron chi connectivity index (χ3n) is 5.12. The second-order valence-electron chi connectivity index (χ2n) is 7.43. The Balaban J connectivity index is 1.96. The molecular formula is C23H25N3O4. The van der Waals surface area contributed by atoms with Gasteiger partial charge in [-0.1, -0.05) is 18.2 Å². The third kappa shape index (κ3) is 3.26. The first-order chi connectivity index (χ1) is 14.4. The average molecular weight is 407 g/mol. The van der Waals surface area contributed by atoms with Crippen LogP contribution >= 0.6 is 0 Å². The molecule has 1 aliphatic rings. The first kappa shape index (κ1) is 19.8. The van der Waals surface area contributed by atoms with E-state index in [1.807, 2.05) is 67.8 Å². The summed E-state index contributed by atoms with van der Waals surface area (Å²) in [6.45, 7) is 5.55. The minimum atomic E-state index is -0.431. The van der Waals surface area contributed by atoms with Gasteiger partial charge in [-0.15, -0.1) is 0 Å². The number of hydrogen-bond donors (Lipinski definition) is 1. The normalized spacial score (nSPS) is 15.7. The molecule has 0 spiro atoms. The van der Waals surface area contributed by atoms with Gasteiger partial charge in [0.1, 0.15) is 0 Å². The van der Waals surface area contributed by atoms with Crippen molar-refractivity contribution in [2.24, 2.45) is 0 Å². The predicted molar refractivity (Wildman–Crippen MR) is 115 cm³/mol. The third-order valence-corrected chi connectivity index (χ3v) is 5.12. The molecule has 1 aliphatic heterocycles. The van der Waals surface area contributed by atoms with Crippen LogP contribution in [0.5, 0.6) is 11.5 Å². The number of esters is 1. The zero-order valence-electron chi connectivity index (χ0n) is 17.7. The number of imidazole rings is 1. The van der Waals surface area contributed by atoms with Crippen molar-refractivity contribution in [1.82, 2.24) is 9.55 Å². The van der Waals surface area contributed by atoms with Crippen LogP contribution in [0.3, 0.4) is 0 Å². The Kier molecular flexibility index (Phi) is 5.11. The molecule has 3 aromatic rings. The Bertz CT molecular complexity index is 1150. The van der Waals surface area contributed by atoms with Crippen LogP contribution in [0.2, 0.25) is 0 Å². The Morgan fingerprint density at radius 3 is 2.53 bits per heavy atom. The molecule has 0 bridgehead atoms. The van der Waals surface area contributed by atoms with Crippen molar-refractivity contribution in [1.29, 1.82) is 0 Å². The fourth-order valence-electron chi connectivity index (χ4n) is 3.84. The lowest BCUT2D eigenvalue weighted by molar-refractivity contribution is -0.143. The molecule has 2 heterocycles. The van der Waals surface area contributed by atoms with E-state index in [0.717, 1.165) is 16.6 Å². The highest BCUT2D eigenvalue weighted by Crippen LogP contribution is 2.41. The highest BCUT2D eigenvalue weighted by molar-refractivity contribution is 5.94. The van der Waals surface area contributed by atoms with Gasteiger partial charge in [-0.05, 0) is 50.6 Å². The minimum Gasteiger partial charge on any atom is -0.493 e. The molecule has 2 aromatic carbocycles. The van der Waals surface area contributed by atoms with Crippen molar-refractivity contribution in [2.75, 3.05) is 19.5 Å². The van der Waals surface area contributed by atoms with Gasteiger partial charge in [-0.3, -0.25) is 4.57 Å². The van der Waals surface area contributed by atoms with E-state index < -0.39 is 6.04 Å². The number of para-hydroxylation sites is 2. The van der Waals surface area contributed by atoms with Crippen LogP contribution in [0.25, 0.3) is 11.0 Å². The van der Waals surface area contributed by atoms with Crippen molar-refractivity contribution in [3.63, 3.8) is 0 Å². The van der Waals surface area contributed by atoms with Gasteiger partial charge >= 0.3 is 5.97 Å². The van der Waals surface area contributed by atoms with Gasteiger partial charge in [-0.25, -0.2) is 9.78 Å². The fourth-order valence-corrected chi connectivity index (χ4v) is 3.84. The standard InChI is InChI=1S/C23H25N3O4/c1-13(2)30-22(27)20-14(3)24-23-25-16-8-6-7-9-17(16)26(23)21(20)15-10-11-18(28-4)19(12-15)29-5/h6-13,21H,1-5H3,(H,24,25)/t21-/m1/s1. The Hall–Kier alpha value is -3.48. The summed E-state index contributed by atoms with van der Waals surface area (Å²) in [5.41, 5.74) is 3.88. The number of nitrogens with one attached hydrogen (secondary N) is 1. The number of benzene rings is 2. The first-order valence-electron chi connectivity index (χ1n) is 9.82. The van der Waals surface area contributed by atoms with Gasteiger partial charge < -0.3 is 19.5 Å². The van der Waals surface area contributed by atoms with Crippen LogP contribution in [0, 0.1) is 0 Å². The van der Waals surface area contributed by atoms with Crippen molar-refractivity contribution >= 4 is 23.0 Å². The van der Waals surface area contributed by atoms with E-state index in [0.29, 0.717) is 28.7 Å². The number of carbonyl (C=O) groups is 1. The zero-order valence-corrected chi connectivity index (χ0v) is 17.7. The molecule has 7 nitrogen and oxygen atoms in total. The summed E-state index contributed by atoms with van der Waals surface area (Å²) < 4.78 is 18.5. The van der Waals surface area contributed by atoms with E-state index in [1.54, 1.807) is 14.2 Å². The average Bonchev–Trinajstić information content (AvgIpc) is 3.09. The first-order valence-corrected chi connectivity index (χ1v) is 9.82. The number of hydrogen-bond acceptors (Lipinski definition) is 6. The Morgan fingerprint density at radius 1 is 1.10 bits per heavy atom. The second-order valence-corrected chi connectivity index (χ2v) is 7.43. The molecule has 0 aliphatic carbocycles. The number of fused-ring (bicyclic) bond motifs is 3.